The molecular weight excluding hydrogens is 718 g/mol. The van der Waals surface area contributed by atoms with Gasteiger partial charge in [-0.15, -0.1) is 0 Å². The topological polar surface area (TPSA) is 86.8 Å². The van der Waals surface area contributed by atoms with E-state index in [0.29, 0.717) is 10.2 Å². The van der Waals surface area contributed by atoms with Crippen molar-refractivity contribution >= 4 is 59.4 Å². The molecule has 4 aromatic carbocycles. The van der Waals surface area contributed by atoms with E-state index in [4.69, 9.17) is 0 Å². The van der Waals surface area contributed by atoms with Crippen LogP contribution in [0.3, 0.4) is 0 Å². The molecule has 0 aliphatic heterocycles. The number of benzene rings is 4. The summed E-state index contributed by atoms with van der Waals surface area (Å²) in [5.41, 5.74) is 2.92. The molecular formula is C35H37Br2N3O4S. The Kier molecular flexibility index (Phi) is 12.0. The number of aryl methyl sites for hydroxylation is 1. The van der Waals surface area contributed by atoms with Crippen molar-refractivity contribution in [1.29, 1.82) is 0 Å². The molecule has 2 amide bonds. The van der Waals surface area contributed by atoms with Crippen LogP contribution in [0.2, 0.25) is 0 Å². The molecule has 0 spiro atoms. The van der Waals surface area contributed by atoms with Gasteiger partial charge in [-0.05, 0) is 73.9 Å². The summed E-state index contributed by atoms with van der Waals surface area (Å²) >= 11 is 6.91. The van der Waals surface area contributed by atoms with Crippen LogP contribution in [0.15, 0.2) is 117 Å². The van der Waals surface area contributed by atoms with Gasteiger partial charge in [-0.2, -0.15) is 0 Å². The fraction of sp³-hybridized carbons (Fsp3) is 0.257. The van der Waals surface area contributed by atoms with Crippen LogP contribution in [0.1, 0.15) is 37.0 Å². The summed E-state index contributed by atoms with van der Waals surface area (Å²) in [6.45, 7) is 5.37. The quantitative estimate of drug-likeness (QED) is 0.156. The molecule has 236 valence electrons. The highest BCUT2D eigenvalue weighted by Gasteiger charge is 2.35. The Hall–Kier alpha value is -3.47. The Morgan fingerprint density at radius 3 is 2.11 bits per heavy atom. The van der Waals surface area contributed by atoms with E-state index in [1.807, 2.05) is 75.4 Å². The van der Waals surface area contributed by atoms with Crippen molar-refractivity contribution in [2.45, 2.75) is 57.1 Å². The molecule has 0 saturated carbocycles. The Morgan fingerprint density at radius 2 is 1.49 bits per heavy atom. The lowest BCUT2D eigenvalue weighted by atomic mass is 10.0. The summed E-state index contributed by atoms with van der Waals surface area (Å²) in [6.07, 6.45) is 0.975. The molecule has 2 atom stereocenters. The molecule has 45 heavy (non-hydrogen) atoms. The molecule has 1 N–H and O–H groups in total. The number of carbonyl (C=O) groups excluding carboxylic acids is 2. The minimum Gasteiger partial charge on any atom is -0.352 e. The van der Waals surface area contributed by atoms with E-state index in [9.17, 15) is 18.0 Å². The molecule has 7 nitrogen and oxygen atoms in total. The predicted octanol–water partition coefficient (Wildman–Crippen LogP) is 7.27. The van der Waals surface area contributed by atoms with Crippen molar-refractivity contribution in [1.82, 2.24) is 10.2 Å². The molecule has 0 fully saturated rings. The summed E-state index contributed by atoms with van der Waals surface area (Å²) < 4.78 is 30.9. The van der Waals surface area contributed by atoms with Crippen LogP contribution in [0.4, 0.5) is 5.69 Å². The van der Waals surface area contributed by atoms with Gasteiger partial charge in [-0.1, -0.05) is 105 Å². The summed E-state index contributed by atoms with van der Waals surface area (Å²) in [5.74, 6) is -0.803. The molecule has 4 rings (SSSR count). The van der Waals surface area contributed by atoms with E-state index in [2.05, 4.69) is 37.2 Å². The molecule has 2 unspecified atom stereocenters. The van der Waals surface area contributed by atoms with Crippen molar-refractivity contribution in [3.05, 3.63) is 129 Å². The van der Waals surface area contributed by atoms with Crippen molar-refractivity contribution < 1.29 is 18.0 Å². The second-order valence-corrected chi connectivity index (χ2v) is 14.7. The number of halogens is 2. The molecule has 0 bridgehead atoms. The summed E-state index contributed by atoms with van der Waals surface area (Å²) in [4.78, 5) is 30.0. The van der Waals surface area contributed by atoms with Gasteiger partial charge >= 0.3 is 0 Å². The third kappa shape index (κ3) is 9.28. The maximum Gasteiger partial charge on any atom is 0.264 e. The van der Waals surface area contributed by atoms with Gasteiger partial charge in [-0.25, -0.2) is 8.42 Å². The van der Waals surface area contributed by atoms with E-state index >= 15 is 0 Å². The second kappa shape index (κ2) is 15.7. The number of rotatable bonds is 13. The van der Waals surface area contributed by atoms with Crippen molar-refractivity contribution in [3.63, 3.8) is 0 Å². The maximum absolute atomic E-state index is 14.5. The highest BCUT2D eigenvalue weighted by Crippen LogP contribution is 2.28. The van der Waals surface area contributed by atoms with E-state index < -0.39 is 28.5 Å². The lowest BCUT2D eigenvalue weighted by Gasteiger charge is -2.34. The highest BCUT2D eigenvalue weighted by molar-refractivity contribution is 9.10. The highest BCUT2D eigenvalue weighted by atomic mass is 79.9. The Balaban J connectivity index is 1.80. The zero-order valence-corrected chi connectivity index (χ0v) is 29.5. The summed E-state index contributed by atoms with van der Waals surface area (Å²) in [6, 6.07) is 29.4. The maximum atomic E-state index is 14.5. The van der Waals surface area contributed by atoms with E-state index in [1.54, 1.807) is 36.4 Å². The Labute approximate surface area is 283 Å². The lowest BCUT2D eigenvalue weighted by Crippen LogP contribution is -2.54. The number of hydrogen-bond donors (Lipinski definition) is 1. The normalized spacial score (nSPS) is 12.6. The largest absolute Gasteiger partial charge is 0.352 e. The monoisotopic (exact) mass is 753 g/mol. The number of anilines is 1. The van der Waals surface area contributed by atoms with E-state index in [0.717, 1.165) is 31.9 Å². The van der Waals surface area contributed by atoms with Crippen LogP contribution < -0.4 is 9.62 Å². The van der Waals surface area contributed by atoms with Crippen molar-refractivity contribution in [2.24, 2.45) is 0 Å². The van der Waals surface area contributed by atoms with Crippen LogP contribution in [-0.4, -0.2) is 43.8 Å². The first-order valence-electron chi connectivity index (χ1n) is 14.7. The number of nitrogens with one attached hydrogen (secondary N) is 1. The predicted molar refractivity (Wildman–Crippen MR) is 186 cm³/mol. The third-order valence-electron chi connectivity index (χ3n) is 7.52. The van der Waals surface area contributed by atoms with Gasteiger partial charge in [0.1, 0.15) is 12.6 Å². The third-order valence-corrected chi connectivity index (χ3v) is 10.3. The number of sulfonamides is 1. The zero-order valence-electron chi connectivity index (χ0n) is 25.5. The average Bonchev–Trinajstić information content (AvgIpc) is 3.02. The lowest BCUT2D eigenvalue weighted by molar-refractivity contribution is -0.140. The molecule has 4 aromatic rings. The number of nitrogens with zero attached hydrogens (tertiary/aromatic N) is 2. The van der Waals surface area contributed by atoms with Gasteiger partial charge in [0.05, 0.1) is 10.6 Å². The first-order valence-corrected chi connectivity index (χ1v) is 17.7. The first kappa shape index (κ1) is 34.4. The summed E-state index contributed by atoms with van der Waals surface area (Å²) in [5, 5.41) is 3.06. The minimum absolute atomic E-state index is 0.0654. The molecule has 0 aromatic heterocycles. The minimum atomic E-state index is -4.16. The van der Waals surface area contributed by atoms with Crippen LogP contribution in [0.5, 0.6) is 0 Å². The molecule has 0 aliphatic rings. The van der Waals surface area contributed by atoms with E-state index in [1.165, 1.54) is 17.0 Å². The molecule has 0 saturated heterocycles. The standard InChI is InChI=1S/C35H37Br2N3O4S/c1-4-26(3)38-35(42)33(21-27-9-6-5-7-10-27)39(23-28-15-17-29(36)18-16-28)34(41)24-40(31-12-8-11-30(37)22-31)45(43,44)32-19-13-25(2)14-20-32/h5-20,22,26,33H,4,21,23-24H2,1-3H3,(H,38,42). The molecule has 10 heteroatoms. The summed E-state index contributed by atoms with van der Waals surface area (Å²) in [7, 11) is -4.16. The van der Waals surface area contributed by atoms with Crippen molar-refractivity contribution in [3.8, 4) is 0 Å². The van der Waals surface area contributed by atoms with Crippen LogP contribution in [-0.2, 0) is 32.6 Å². The number of amides is 2. The fourth-order valence-corrected chi connectivity index (χ4v) is 6.84. The fourth-order valence-electron chi connectivity index (χ4n) is 4.78. The van der Waals surface area contributed by atoms with Gasteiger partial charge in [-0.3, -0.25) is 13.9 Å². The SMILES string of the molecule is CCC(C)NC(=O)C(Cc1ccccc1)N(Cc1ccc(Br)cc1)C(=O)CN(c1cccc(Br)c1)S(=O)(=O)c1ccc(C)cc1. The van der Waals surface area contributed by atoms with Gasteiger partial charge in [0.2, 0.25) is 11.8 Å². The van der Waals surface area contributed by atoms with Crippen LogP contribution >= 0.6 is 31.9 Å². The van der Waals surface area contributed by atoms with E-state index in [-0.39, 0.29) is 29.8 Å². The Morgan fingerprint density at radius 1 is 0.822 bits per heavy atom. The number of carbonyl (C=O) groups is 2. The Bertz CT molecular complexity index is 1700. The van der Waals surface area contributed by atoms with Crippen LogP contribution in [0, 0.1) is 6.92 Å². The van der Waals surface area contributed by atoms with Gasteiger partial charge in [0.25, 0.3) is 10.0 Å². The average molecular weight is 756 g/mol. The smallest absolute Gasteiger partial charge is 0.264 e. The number of hydrogen-bond acceptors (Lipinski definition) is 4. The second-order valence-electron chi connectivity index (χ2n) is 11.0. The molecule has 0 radical (unpaired) electrons. The van der Waals surface area contributed by atoms with Gasteiger partial charge < -0.3 is 10.2 Å². The molecule has 0 heterocycles. The zero-order chi connectivity index (χ0) is 32.6. The first-order chi connectivity index (χ1) is 21.5. The molecule has 0 aliphatic carbocycles. The van der Waals surface area contributed by atoms with Crippen LogP contribution in [0.25, 0.3) is 0 Å². The van der Waals surface area contributed by atoms with Gasteiger partial charge in [0, 0.05) is 28.0 Å². The van der Waals surface area contributed by atoms with Gasteiger partial charge in [0.15, 0.2) is 0 Å². The van der Waals surface area contributed by atoms with Crippen molar-refractivity contribution in [2.75, 3.05) is 10.8 Å².